The van der Waals surface area contributed by atoms with Crippen molar-refractivity contribution in [3.8, 4) is 0 Å². The Kier molecular flexibility index (Phi) is 2.84. The van der Waals surface area contributed by atoms with Gasteiger partial charge in [0.1, 0.15) is 11.4 Å². The van der Waals surface area contributed by atoms with Gasteiger partial charge in [-0.1, -0.05) is 29.8 Å². The molecule has 2 nitrogen and oxygen atoms in total. The summed E-state index contributed by atoms with van der Waals surface area (Å²) in [6.07, 6.45) is 0. The Morgan fingerprint density at radius 2 is 1.89 bits per heavy atom. The van der Waals surface area contributed by atoms with E-state index in [1.807, 2.05) is 18.2 Å². The van der Waals surface area contributed by atoms with Crippen LogP contribution < -0.4 is 0 Å². The first kappa shape index (κ1) is 11.9. The van der Waals surface area contributed by atoms with Gasteiger partial charge >= 0.3 is 0 Å². The fraction of sp³-hybridized carbons (Fsp3) is 0. The molecule has 1 heterocycles. The summed E-state index contributed by atoms with van der Waals surface area (Å²) in [5.74, 6) is -0.807. The van der Waals surface area contributed by atoms with Gasteiger partial charge in [-0.2, -0.15) is 0 Å². The van der Waals surface area contributed by atoms with E-state index in [9.17, 15) is 9.18 Å². The van der Waals surface area contributed by atoms with E-state index in [1.165, 1.54) is 12.1 Å². The second kappa shape index (κ2) is 4.52. The first-order chi connectivity index (χ1) is 9.15. The van der Waals surface area contributed by atoms with E-state index in [4.69, 9.17) is 16.0 Å². The molecule has 0 spiro atoms. The third kappa shape index (κ3) is 2.13. The van der Waals surface area contributed by atoms with Gasteiger partial charge in [-0.15, -0.1) is 0 Å². The zero-order valence-electron chi connectivity index (χ0n) is 9.69. The Morgan fingerprint density at radius 3 is 2.63 bits per heavy atom. The predicted octanol–water partition coefficient (Wildman–Crippen LogP) is 4.46. The Bertz CT molecular complexity index is 744. The normalized spacial score (nSPS) is 10.8. The maximum atomic E-state index is 13.3. The number of hydrogen-bond acceptors (Lipinski definition) is 2. The van der Waals surface area contributed by atoms with Gasteiger partial charge < -0.3 is 4.42 Å². The monoisotopic (exact) mass is 274 g/mol. The van der Waals surface area contributed by atoms with Crippen LogP contribution in [0.5, 0.6) is 0 Å². The smallest absolute Gasteiger partial charge is 0.228 e. The van der Waals surface area contributed by atoms with Gasteiger partial charge in [0.05, 0.1) is 5.02 Å². The van der Waals surface area contributed by atoms with Gasteiger partial charge in [0, 0.05) is 10.9 Å². The molecule has 2 aromatic carbocycles. The molecule has 0 bridgehead atoms. The molecule has 0 atom stereocenters. The van der Waals surface area contributed by atoms with Crippen molar-refractivity contribution in [2.45, 2.75) is 0 Å². The summed E-state index contributed by atoms with van der Waals surface area (Å²) in [5, 5.41) is 0.821. The number of halogens is 2. The molecule has 0 aliphatic heterocycles. The van der Waals surface area contributed by atoms with Crippen LogP contribution in [0.3, 0.4) is 0 Å². The number of carbonyl (C=O) groups excluding carboxylic acids is 1. The van der Waals surface area contributed by atoms with E-state index in [0.717, 1.165) is 11.5 Å². The maximum Gasteiger partial charge on any atom is 0.228 e. The third-order valence-electron chi connectivity index (χ3n) is 2.83. The second-order valence-electron chi connectivity index (χ2n) is 4.11. The van der Waals surface area contributed by atoms with Gasteiger partial charge in [0.2, 0.25) is 5.78 Å². The highest BCUT2D eigenvalue weighted by Crippen LogP contribution is 2.23. The molecular weight excluding hydrogens is 267 g/mol. The van der Waals surface area contributed by atoms with E-state index in [-0.39, 0.29) is 22.1 Å². The average molecular weight is 275 g/mol. The molecule has 0 aliphatic carbocycles. The molecule has 19 heavy (non-hydrogen) atoms. The molecule has 0 fully saturated rings. The molecule has 3 rings (SSSR count). The second-order valence-corrected chi connectivity index (χ2v) is 4.51. The first-order valence-corrected chi connectivity index (χ1v) is 6.01. The van der Waals surface area contributed by atoms with Gasteiger partial charge in [-0.05, 0) is 30.3 Å². The molecule has 4 heteroatoms. The molecule has 0 N–H and O–H groups in total. The van der Waals surface area contributed by atoms with Crippen molar-refractivity contribution in [2.24, 2.45) is 0 Å². The number of fused-ring (bicyclic) bond motifs is 1. The summed E-state index contributed by atoms with van der Waals surface area (Å²) in [6.45, 7) is 0. The summed E-state index contributed by atoms with van der Waals surface area (Å²) in [5.41, 5.74) is 0.834. The Labute approximate surface area is 113 Å². The van der Waals surface area contributed by atoms with Crippen molar-refractivity contribution < 1.29 is 13.6 Å². The van der Waals surface area contributed by atoms with Crippen molar-refractivity contribution in [1.82, 2.24) is 0 Å². The van der Waals surface area contributed by atoms with Crippen LogP contribution >= 0.6 is 11.6 Å². The van der Waals surface area contributed by atoms with E-state index in [2.05, 4.69) is 0 Å². The SMILES string of the molecule is O=C(c1ccc(Cl)c(F)c1)c1cc2ccccc2o1. The van der Waals surface area contributed by atoms with Crippen LogP contribution in [-0.2, 0) is 0 Å². The number of benzene rings is 2. The van der Waals surface area contributed by atoms with Crippen molar-refractivity contribution in [3.05, 3.63) is 70.7 Å². The first-order valence-electron chi connectivity index (χ1n) is 5.63. The van der Waals surface area contributed by atoms with E-state index in [1.54, 1.807) is 12.1 Å². The number of carbonyl (C=O) groups is 1. The Hall–Kier alpha value is -2.13. The molecular formula is C15H8ClFO2. The highest BCUT2D eigenvalue weighted by molar-refractivity contribution is 6.30. The van der Waals surface area contributed by atoms with Crippen LogP contribution in [0.1, 0.15) is 16.1 Å². The predicted molar refractivity (Wildman–Crippen MR) is 71.1 cm³/mol. The quantitative estimate of drug-likeness (QED) is 0.646. The molecule has 0 saturated heterocycles. The number of para-hydroxylation sites is 1. The van der Waals surface area contributed by atoms with E-state index < -0.39 is 5.82 Å². The summed E-state index contributed by atoms with van der Waals surface area (Å²) in [4.78, 5) is 12.2. The van der Waals surface area contributed by atoms with Crippen LogP contribution in [0.2, 0.25) is 5.02 Å². The summed E-state index contributed by atoms with van der Waals surface area (Å²) in [6, 6.07) is 12.9. The number of ketones is 1. The van der Waals surface area contributed by atoms with Crippen LogP contribution in [-0.4, -0.2) is 5.78 Å². The molecule has 0 saturated carbocycles. The summed E-state index contributed by atoms with van der Waals surface area (Å²) in [7, 11) is 0. The zero-order chi connectivity index (χ0) is 13.4. The largest absolute Gasteiger partial charge is 0.453 e. The molecule has 1 aromatic heterocycles. The Morgan fingerprint density at radius 1 is 1.11 bits per heavy atom. The lowest BCUT2D eigenvalue weighted by molar-refractivity contribution is 0.101. The Balaban J connectivity index is 2.05. The average Bonchev–Trinajstić information content (AvgIpc) is 2.85. The molecule has 0 unspecified atom stereocenters. The number of hydrogen-bond donors (Lipinski definition) is 0. The standard InChI is InChI=1S/C15H8ClFO2/c16-11-6-5-10(7-12(11)17)15(18)14-8-9-3-1-2-4-13(9)19-14/h1-8H. The fourth-order valence-corrected chi connectivity index (χ4v) is 1.99. The highest BCUT2D eigenvalue weighted by Gasteiger charge is 2.15. The van der Waals surface area contributed by atoms with E-state index in [0.29, 0.717) is 5.58 Å². The van der Waals surface area contributed by atoms with Crippen molar-refractivity contribution in [1.29, 1.82) is 0 Å². The van der Waals surface area contributed by atoms with Crippen LogP contribution in [0.15, 0.2) is 52.9 Å². The van der Waals surface area contributed by atoms with Crippen molar-refractivity contribution >= 4 is 28.4 Å². The van der Waals surface area contributed by atoms with Crippen LogP contribution in [0.25, 0.3) is 11.0 Å². The molecule has 0 radical (unpaired) electrons. The van der Waals surface area contributed by atoms with Gasteiger partial charge in [-0.3, -0.25) is 4.79 Å². The zero-order valence-corrected chi connectivity index (χ0v) is 10.4. The molecule has 0 amide bonds. The highest BCUT2D eigenvalue weighted by atomic mass is 35.5. The minimum Gasteiger partial charge on any atom is -0.453 e. The summed E-state index contributed by atoms with van der Waals surface area (Å²) < 4.78 is 18.8. The number of furan rings is 1. The van der Waals surface area contributed by atoms with Gasteiger partial charge in [-0.25, -0.2) is 4.39 Å². The van der Waals surface area contributed by atoms with Crippen LogP contribution in [0, 0.1) is 5.82 Å². The van der Waals surface area contributed by atoms with Crippen molar-refractivity contribution in [3.63, 3.8) is 0 Å². The molecule has 0 aliphatic rings. The lowest BCUT2D eigenvalue weighted by Crippen LogP contribution is -2.00. The third-order valence-corrected chi connectivity index (χ3v) is 3.14. The lowest BCUT2D eigenvalue weighted by Gasteiger charge is -1.99. The van der Waals surface area contributed by atoms with Crippen molar-refractivity contribution in [2.75, 3.05) is 0 Å². The molecule has 3 aromatic rings. The fourth-order valence-electron chi connectivity index (χ4n) is 1.87. The minimum absolute atomic E-state index is 0.0128. The lowest BCUT2D eigenvalue weighted by atomic mass is 10.1. The van der Waals surface area contributed by atoms with Gasteiger partial charge in [0.15, 0.2) is 5.76 Å². The molecule has 94 valence electrons. The summed E-state index contributed by atoms with van der Waals surface area (Å²) >= 11 is 5.59. The maximum absolute atomic E-state index is 13.3. The van der Waals surface area contributed by atoms with E-state index >= 15 is 0 Å². The van der Waals surface area contributed by atoms with Gasteiger partial charge in [0.25, 0.3) is 0 Å². The number of rotatable bonds is 2. The van der Waals surface area contributed by atoms with Crippen LogP contribution in [0.4, 0.5) is 4.39 Å². The topological polar surface area (TPSA) is 30.2 Å². The minimum atomic E-state index is -0.622.